The van der Waals surface area contributed by atoms with Gasteiger partial charge in [-0.1, -0.05) is 29.8 Å². The molecule has 0 saturated heterocycles. The molecule has 0 aromatic heterocycles. The fourth-order valence-electron chi connectivity index (χ4n) is 1.98. The van der Waals surface area contributed by atoms with Crippen LogP contribution in [-0.4, -0.2) is 15.5 Å². The van der Waals surface area contributed by atoms with Crippen LogP contribution >= 0.6 is 0 Å². The zero-order valence-electron chi connectivity index (χ0n) is 12.3. The molecule has 0 spiro atoms. The lowest BCUT2D eigenvalue weighted by atomic mass is 10.1. The Bertz CT molecular complexity index is 691. The zero-order valence-corrected chi connectivity index (χ0v) is 13.1. The first-order valence-electron chi connectivity index (χ1n) is 6.65. The molecule has 0 fully saturated rings. The Labute approximate surface area is 125 Å². The van der Waals surface area contributed by atoms with Crippen molar-refractivity contribution in [3.05, 3.63) is 59.7 Å². The molecular weight excluding hydrogens is 286 g/mol. The maximum absolute atomic E-state index is 12.3. The van der Waals surface area contributed by atoms with Crippen molar-refractivity contribution in [1.29, 1.82) is 0 Å². The van der Waals surface area contributed by atoms with Gasteiger partial charge in [-0.15, -0.1) is 0 Å². The van der Waals surface area contributed by atoms with Crippen LogP contribution < -0.4 is 9.46 Å². The van der Waals surface area contributed by atoms with Gasteiger partial charge in [0.15, 0.2) is 0 Å². The number of methoxy groups -OCH3 is 1. The normalized spacial score (nSPS) is 12.9. The van der Waals surface area contributed by atoms with E-state index in [1.165, 1.54) is 12.1 Å². The number of hydrogen-bond acceptors (Lipinski definition) is 3. The average molecular weight is 305 g/mol. The van der Waals surface area contributed by atoms with Crippen LogP contribution in [0.4, 0.5) is 0 Å². The molecular formula is C16H19NO3S. The van der Waals surface area contributed by atoms with E-state index in [2.05, 4.69) is 4.72 Å². The van der Waals surface area contributed by atoms with E-state index in [0.29, 0.717) is 5.75 Å². The van der Waals surface area contributed by atoms with Crippen molar-refractivity contribution in [2.24, 2.45) is 0 Å². The van der Waals surface area contributed by atoms with E-state index in [9.17, 15) is 8.42 Å². The molecule has 1 N–H and O–H groups in total. The fraction of sp³-hybridized carbons (Fsp3) is 0.250. The van der Waals surface area contributed by atoms with E-state index in [1.807, 2.05) is 38.1 Å². The summed E-state index contributed by atoms with van der Waals surface area (Å²) in [4.78, 5) is 0.224. The zero-order chi connectivity index (χ0) is 15.5. The molecule has 0 aliphatic rings. The van der Waals surface area contributed by atoms with Gasteiger partial charge in [-0.3, -0.25) is 0 Å². The molecule has 0 bridgehead atoms. The second-order valence-electron chi connectivity index (χ2n) is 4.93. The van der Waals surface area contributed by atoms with Crippen molar-refractivity contribution >= 4 is 10.0 Å². The molecule has 0 radical (unpaired) electrons. The number of hydrogen-bond donors (Lipinski definition) is 1. The summed E-state index contributed by atoms with van der Waals surface area (Å²) in [5.41, 5.74) is 2.07. The third-order valence-corrected chi connectivity index (χ3v) is 4.84. The van der Waals surface area contributed by atoms with E-state index in [0.717, 1.165) is 11.1 Å². The average Bonchev–Trinajstić information content (AvgIpc) is 2.47. The maximum Gasteiger partial charge on any atom is 0.241 e. The Hall–Kier alpha value is -1.85. The van der Waals surface area contributed by atoms with Crippen LogP contribution in [0.2, 0.25) is 0 Å². The Kier molecular flexibility index (Phi) is 4.65. The Morgan fingerprint density at radius 2 is 1.57 bits per heavy atom. The molecule has 2 rings (SSSR count). The van der Waals surface area contributed by atoms with Crippen LogP contribution in [0.5, 0.6) is 5.75 Å². The smallest absolute Gasteiger partial charge is 0.241 e. The summed E-state index contributed by atoms with van der Waals surface area (Å²) in [6, 6.07) is 13.8. The lowest BCUT2D eigenvalue weighted by Crippen LogP contribution is -2.26. The highest BCUT2D eigenvalue weighted by Crippen LogP contribution is 2.19. The van der Waals surface area contributed by atoms with Gasteiger partial charge >= 0.3 is 0 Å². The first-order chi connectivity index (χ1) is 9.92. The van der Waals surface area contributed by atoms with Crippen molar-refractivity contribution in [3.8, 4) is 5.75 Å². The van der Waals surface area contributed by atoms with E-state index in [4.69, 9.17) is 4.74 Å². The number of nitrogens with one attached hydrogen (secondary N) is 1. The first kappa shape index (κ1) is 15.5. The summed E-state index contributed by atoms with van der Waals surface area (Å²) < 4.78 is 32.4. The molecule has 1 atom stereocenters. The summed E-state index contributed by atoms with van der Waals surface area (Å²) >= 11 is 0. The maximum atomic E-state index is 12.3. The van der Waals surface area contributed by atoms with E-state index in [1.54, 1.807) is 19.2 Å². The van der Waals surface area contributed by atoms with Gasteiger partial charge in [-0.25, -0.2) is 13.1 Å². The molecule has 0 heterocycles. The monoisotopic (exact) mass is 305 g/mol. The molecule has 21 heavy (non-hydrogen) atoms. The van der Waals surface area contributed by atoms with Crippen LogP contribution in [-0.2, 0) is 10.0 Å². The largest absolute Gasteiger partial charge is 0.497 e. The molecule has 5 heteroatoms. The lowest BCUT2D eigenvalue weighted by molar-refractivity contribution is 0.414. The minimum absolute atomic E-state index is 0.224. The topological polar surface area (TPSA) is 55.4 Å². The quantitative estimate of drug-likeness (QED) is 0.923. The number of aryl methyl sites for hydroxylation is 1. The van der Waals surface area contributed by atoms with Gasteiger partial charge in [0.1, 0.15) is 5.75 Å². The highest BCUT2D eigenvalue weighted by atomic mass is 32.2. The highest BCUT2D eigenvalue weighted by Gasteiger charge is 2.18. The minimum atomic E-state index is -3.55. The molecule has 4 nitrogen and oxygen atoms in total. The summed E-state index contributed by atoms with van der Waals surface area (Å²) in [6.45, 7) is 3.82. The van der Waals surface area contributed by atoms with Crippen molar-refractivity contribution in [3.63, 3.8) is 0 Å². The Morgan fingerprint density at radius 1 is 1.00 bits per heavy atom. The number of sulfonamides is 1. The van der Waals surface area contributed by atoms with Crippen molar-refractivity contribution in [1.82, 2.24) is 4.72 Å². The Balaban J connectivity index is 2.17. The second-order valence-corrected chi connectivity index (χ2v) is 6.64. The van der Waals surface area contributed by atoms with Crippen LogP contribution in [0.25, 0.3) is 0 Å². The molecule has 2 aromatic rings. The summed E-state index contributed by atoms with van der Waals surface area (Å²) in [6.07, 6.45) is 0. The van der Waals surface area contributed by atoms with E-state index < -0.39 is 10.0 Å². The van der Waals surface area contributed by atoms with Gasteiger partial charge < -0.3 is 4.74 Å². The van der Waals surface area contributed by atoms with Gasteiger partial charge in [0.25, 0.3) is 0 Å². The van der Waals surface area contributed by atoms with E-state index >= 15 is 0 Å². The number of benzene rings is 2. The molecule has 0 unspecified atom stereocenters. The molecule has 0 saturated carbocycles. The highest BCUT2D eigenvalue weighted by molar-refractivity contribution is 7.89. The predicted octanol–water partition coefficient (Wildman–Crippen LogP) is 3.04. The Morgan fingerprint density at radius 3 is 2.10 bits per heavy atom. The molecule has 112 valence electrons. The van der Waals surface area contributed by atoms with Gasteiger partial charge in [0.2, 0.25) is 10.0 Å². The SMILES string of the molecule is COc1ccc(S(=O)(=O)N[C@@H](C)c2ccc(C)cc2)cc1. The first-order valence-corrected chi connectivity index (χ1v) is 8.13. The minimum Gasteiger partial charge on any atom is -0.497 e. The predicted molar refractivity (Wildman–Crippen MR) is 82.9 cm³/mol. The molecule has 0 aliphatic heterocycles. The van der Waals surface area contributed by atoms with Crippen molar-refractivity contribution in [2.75, 3.05) is 7.11 Å². The van der Waals surface area contributed by atoms with Gasteiger partial charge in [-0.05, 0) is 43.7 Å². The van der Waals surface area contributed by atoms with E-state index in [-0.39, 0.29) is 10.9 Å². The summed E-state index contributed by atoms with van der Waals surface area (Å²) in [5.74, 6) is 0.625. The third kappa shape index (κ3) is 3.83. The molecule has 2 aromatic carbocycles. The second kappa shape index (κ2) is 6.28. The number of rotatable bonds is 5. The lowest BCUT2D eigenvalue weighted by Gasteiger charge is -2.15. The molecule has 0 amide bonds. The van der Waals surface area contributed by atoms with Gasteiger partial charge in [-0.2, -0.15) is 0 Å². The van der Waals surface area contributed by atoms with Crippen LogP contribution in [0.15, 0.2) is 53.4 Å². The third-order valence-electron chi connectivity index (χ3n) is 3.28. The molecule has 0 aliphatic carbocycles. The van der Waals surface area contributed by atoms with Crippen LogP contribution in [0.3, 0.4) is 0 Å². The van der Waals surface area contributed by atoms with Crippen LogP contribution in [0, 0.1) is 6.92 Å². The van der Waals surface area contributed by atoms with Crippen molar-refractivity contribution in [2.45, 2.75) is 24.8 Å². The standard InChI is InChI=1S/C16H19NO3S/c1-12-4-6-14(7-5-12)13(2)17-21(18,19)16-10-8-15(20-3)9-11-16/h4-11,13,17H,1-3H3/t13-/m0/s1. The van der Waals surface area contributed by atoms with Crippen molar-refractivity contribution < 1.29 is 13.2 Å². The van der Waals surface area contributed by atoms with Crippen LogP contribution in [0.1, 0.15) is 24.1 Å². The number of ether oxygens (including phenoxy) is 1. The van der Waals surface area contributed by atoms with Gasteiger partial charge in [0.05, 0.1) is 12.0 Å². The summed E-state index contributed by atoms with van der Waals surface area (Å²) in [5, 5.41) is 0. The van der Waals surface area contributed by atoms with Gasteiger partial charge in [0, 0.05) is 6.04 Å². The summed E-state index contributed by atoms with van der Waals surface area (Å²) in [7, 11) is -2.01. The fourth-order valence-corrected chi connectivity index (χ4v) is 3.21.